The van der Waals surface area contributed by atoms with Gasteiger partial charge >= 0.3 is 5.82 Å². The quantitative estimate of drug-likeness (QED) is 0.440. The number of nitrogens with one attached hydrogen (secondary N) is 1. The molecule has 1 aromatic heterocycles. The van der Waals surface area contributed by atoms with Crippen molar-refractivity contribution in [1.29, 1.82) is 0 Å². The molecule has 4 N–H and O–H groups in total. The zero-order valence-corrected chi connectivity index (χ0v) is 6.80. The van der Waals surface area contributed by atoms with Crippen molar-refractivity contribution in [2.24, 2.45) is 5.73 Å². The molecule has 7 heteroatoms. The second kappa shape index (κ2) is 3.97. The van der Waals surface area contributed by atoms with Crippen molar-refractivity contribution in [1.82, 2.24) is 10.2 Å². The van der Waals surface area contributed by atoms with Crippen molar-refractivity contribution >= 4 is 5.82 Å². The van der Waals surface area contributed by atoms with E-state index in [4.69, 9.17) is 5.73 Å². The lowest BCUT2D eigenvalue weighted by Gasteiger charge is -2.01. The van der Waals surface area contributed by atoms with E-state index in [0.717, 1.165) is 0 Å². The van der Waals surface area contributed by atoms with Gasteiger partial charge in [-0.05, 0) is 17.9 Å². The molecule has 0 saturated heterocycles. The molecule has 0 radical (unpaired) electrons. The highest BCUT2D eigenvalue weighted by atomic mass is 16.6. The minimum Gasteiger partial charge on any atom is -0.387 e. The van der Waals surface area contributed by atoms with E-state index < -0.39 is 11.0 Å². The van der Waals surface area contributed by atoms with E-state index in [0.29, 0.717) is 13.0 Å². The van der Waals surface area contributed by atoms with Crippen LogP contribution in [-0.2, 0) is 0 Å². The maximum absolute atomic E-state index is 10.2. The van der Waals surface area contributed by atoms with E-state index in [1.165, 1.54) is 6.07 Å². The molecule has 1 atom stereocenters. The van der Waals surface area contributed by atoms with Crippen molar-refractivity contribution in [2.45, 2.75) is 12.5 Å². The van der Waals surface area contributed by atoms with Gasteiger partial charge in [-0.15, -0.1) is 5.10 Å². The first-order chi connectivity index (χ1) is 6.15. The molecule has 1 aromatic rings. The van der Waals surface area contributed by atoms with Gasteiger partial charge in [0.15, 0.2) is 0 Å². The highest BCUT2D eigenvalue weighted by Crippen LogP contribution is 2.17. The van der Waals surface area contributed by atoms with Crippen LogP contribution in [0.2, 0.25) is 0 Å². The molecule has 0 bridgehead atoms. The van der Waals surface area contributed by atoms with E-state index in [1.807, 2.05) is 0 Å². The maximum atomic E-state index is 10.2. The molecule has 0 aromatic carbocycles. The molecule has 1 unspecified atom stereocenters. The second-order valence-electron chi connectivity index (χ2n) is 2.53. The fourth-order valence-corrected chi connectivity index (χ4v) is 0.896. The summed E-state index contributed by atoms with van der Waals surface area (Å²) in [7, 11) is 0. The number of nitrogens with zero attached hydrogens (tertiary/aromatic N) is 2. The van der Waals surface area contributed by atoms with Crippen LogP contribution in [0.15, 0.2) is 6.07 Å². The van der Waals surface area contributed by atoms with Crippen LogP contribution < -0.4 is 5.73 Å². The number of aliphatic hydroxyl groups excluding tert-OH is 1. The Kier molecular flexibility index (Phi) is 2.93. The van der Waals surface area contributed by atoms with E-state index in [2.05, 4.69) is 10.2 Å². The molecule has 0 aliphatic rings. The van der Waals surface area contributed by atoms with Gasteiger partial charge in [0.05, 0.1) is 6.07 Å². The van der Waals surface area contributed by atoms with Crippen LogP contribution in [0.3, 0.4) is 0 Å². The number of aromatic amines is 1. The second-order valence-corrected chi connectivity index (χ2v) is 2.53. The summed E-state index contributed by atoms with van der Waals surface area (Å²) in [5, 5.41) is 25.3. The number of nitro groups is 1. The highest BCUT2D eigenvalue weighted by molar-refractivity contribution is 5.21. The van der Waals surface area contributed by atoms with Crippen molar-refractivity contribution in [3.05, 3.63) is 21.9 Å². The Bertz CT molecular complexity index is 298. The van der Waals surface area contributed by atoms with Crippen molar-refractivity contribution in [3.8, 4) is 0 Å². The van der Waals surface area contributed by atoms with Crippen LogP contribution in [0.1, 0.15) is 18.2 Å². The average molecular weight is 186 g/mol. The fraction of sp³-hybridized carbons (Fsp3) is 0.500. The Morgan fingerprint density at radius 2 is 2.54 bits per heavy atom. The molecular formula is C6H10N4O3. The van der Waals surface area contributed by atoms with E-state index in [1.54, 1.807) is 0 Å². The predicted molar refractivity (Wildman–Crippen MR) is 43.9 cm³/mol. The lowest BCUT2D eigenvalue weighted by atomic mass is 10.2. The molecule has 0 spiro atoms. The lowest BCUT2D eigenvalue weighted by Crippen LogP contribution is -2.06. The molecule has 1 rings (SSSR count). The van der Waals surface area contributed by atoms with Crippen LogP contribution in [0.4, 0.5) is 5.82 Å². The van der Waals surface area contributed by atoms with Crippen LogP contribution >= 0.6 is 0 Å². The maximum Gasteiger partial charge on any atom is 0.342 e. The number of nitrogens with two attached hydrogens (primary N) is 1. The van der Waals surface area contributed by atoms with Crippen molar-refractivity contribution < 1.29 is 10.0 Å². The summed E-state index contributed by atoms with van der Waals surface area (Å²) >= 11 is 0. The SMILES string of the molecule is NCCC(O)c1cc([N+](=O)[O-])[nH]n1. The van der Waals surface area contributed by atoms with Crippen molar-refractivity contribution in [2.75, 3.05) is 6.54 Å². The molecule has 0 aliphatic heterocycles. The van der Waals surface area contributed by atoms with Gasteiger partial charge in [0, 0.05) is 0 Å². The van der Waals surface area contributed by atoms with Gasteiger partial charge in [0.1, 0.15) is 11.8 Å². The Balaban J connectivity index is 2.73. The summed E-state index contributed by atoms with van der Waals surface area (Å²) in [5.74, 6) is -0.230. The van der Waals surface area contributed by atoms with Crippen LogP contribution in [0, 0.1) is 10.1 Å². The average Bonchev–Trinajstić information content (AvgIpc) is 2.52. The monoisotopic (exact) mass is 186 g/mol. The van der Waals surface area contributed by atoms with E-state index in [9.17, 15) is 15.2 Å². The van der Waals surface area contributed by atoms with Gasteiger partial charge in [-0.25, -0.2) is 0 Å². The molecule has 0 saturated carbocycles. The third-order valence-electron chi connectivity index (χ3n) is 1.56. The Morgan fingerprint density at radius 1 is 1.85 bits per heavy atom. The van der Waals surface area contributed by atoms with Gasteiger partial charge in [-0.2, -0.15) is 0 Å². The Hall–Kier alpha value is -1.47. The van der Waals surface area contributed by atoms with Gasteiger partial charge in [-0.1, -0.05) is 5.10 Å². The number of aromatic nitrogens is 2. The number of H-pyrrole nitrogens is 1. The first kappa shape index (κ1) is 9.62. The third-order valence-corrected chi connectivity index (χ3v) is 1.56. The topological polar surface area (TPSA) is 118 Å². The third kappa shape index (κ3) is 2.23. The normalized spacial score (nSPS) is 12.8. The highest BCUT2D eigenvalue weighted by Gasteiger charge is 2.15. The molecule has 0 amide bonds. The molecule has 1 heterocycles. The molecule has 13 heavy (non-hydrogen) atoms. The number of hydrogen-bond acceptors (Lipinski definition) is 5. The van der Waals surface area contributed by atoms with Crippen LogP contribution in [0.5, 0.6) is 0 Å². The molecule has 7 nitrogen and oxygen atoms in total. The van der Waals surface area contributed by atoms with E-state index in [-0.39, 0.29) is 11.5 Å². The molecular weight excluding hydrogens is 176 g/mol. The number of aliphatic hydroxyl groups is 1. The molecule has 0 fully saturated rings. The summed E-state index contributed by atoms with van der Waals surface area (Å²) in [5.41, 5.74) is 5.45. The minimum atomic E-state index is -0.838. The van der Waals surface area contributed by atoms with Gasteiger partial charge in [-0.3, -0.25) is 0 Å². The van der Waals surface area contributed by atoms with Gasteiger partial charge in [0.2, 0.25) is 0 Å². The summed E-state index contributed by atoms with van der Waals surface area (Å²) in [4.78, 5) is 9.62. The smallest absolute Gasteiger partial charge is 0.342 e. The summed E-state index contributed by atoms with van der Waals surface area (Å²) < 4.78 is 0. The fourth-order valence-electron chi connectivity index (χ4n) is 0.896. The van der Waals surface area contributed by atoms with Crippen LogP contribution in [-0.4, -0.2) is 26.8 Å². The first-order valence-corrected chi connectivity index (χ1v) is 3.73. The Labute approximate surface area is 73.7 Å². The zero-order chi connectivity index (χ0) is 9.84. The first-order valence-electron chi connectivity index (χ1n) is 3.73. The number of hydrogen-bond donors (Lipinski definition) is 3. The largest absolute Gasteiger partial charge is 0.387 e. The summed E-state index contributed by atoms with van der Waals surface area (Å²) in [6.45, 7) is 0.307. The molecule has 0 aliphatic carbocycles. The van der Waals surface area contributed by atoms with Gasteiger partial charge < -0.3 is 21.0 Å². The van der Waals surface area contributed by atoms with Gasteiger partial charge in [0.25, 0.3) is 0 Å². The summed E-state index contributed by atoms with van der Waals surface area (Å²) in [6, 6.07) is 1.19. The minimum absolute atomic E-state index is 0.230. The Morgan fingerprint density at radius 3 is 3.00 bits per heavy atom. The molecule has 72 valence electrons. The number of rotatable bonds is 4. The standard InChI is InChI=1S/C6H10N4O3/c7-2-1-5(11)4-3-6(9-8-4)10(12)13/h3,5,11H,1-2,7H2,(H,8,9). The van der Waals surface area contributed by atoms with Crippen molar-refractivity contribution in [3.63, 3.8) is 0 Å². The summed E-state index contributed by atoms with van der Waals surface area (Å²) in [6.07, 6.45) is -0.503. The lowest BCUT2D eigenvalue weighted by molar-refractivity contribution is -0.389. The predicted octanol–water partition coefficient (Wildman–Crippen LogP) is -0.300. The zero-order valence-electron chi connectivity index (χ0n) is 6.80. The van der Waals surface area contributed by atoms with E-state index >= 15 is 0 Å². The van der Waals surface area contributed by atoms with Crippen LogP contribution in [0.25, 0.3) is 0 Å².